The van der Waals surface area contributed by atoms with E-state index in [4.69, 9.17) is 10.8 Å². The second-order valence-corrected chi connectivity index (χ2v) is 8.41. The highest BCUT2D eigenvalue weighted by molar-refractivity contribution is 5.97. The number of carbonyl (C=O) groups is 3. The van der Waals surface area contributed by atoms with Crippen LogP contribution in [0.1, 0.15) is 54.4 Å². The van der Waals surface area contributed by atoms with Gasteiger partial charge in [-0.3, -0.25) is 14.4 Å². The molecule has 2 saturated carbocycles. The minimum atomic E-state index is -0.792. The minimum absolute atomic E-state index is 0.00687. The van der Waals surface area contributed by atoms with E-state index < -0.39 is 17.9 Å². The second-order valence-electron chi connectivity index (χ2n) is 8.41. The molecule has 6 N–H and O–H groups in total. The lowest BCUT2D eigenvalue weighted by Gasteiger charge is -2.21. The van der Waals surface area contributed by atoms with Crippen molar-refractivity contribution in [2.24, 2.45) is 17.1 Å². The van der Waals surface area contributed by atoms with E-state index in [1.54, 1.807) is 18.2 Å². The molecule has 4 atom stereocenters. The van der Waals surface area contributed by atoms with Gasteiger partial charge in [-0.1, -0.05) is 18.6 Å². The molecule has 0 unspecified atom stereocenters. The van der Waals surface area contributed by atoms with Crippen molar-refractivity contribution in [2.75, 3.05) is 13.2 Å². The summed E-state index contributed by atoms with van der Waals surface area (Å²) in [6.45, 7) is 0.396. The molecule has 1 aromatic rings. The van der Waals surface area contributed by atoms with Crippen LogP contribution >= 0.6 is 0 Å². The van der Waals surface area contributed by atoms with E-state index in [1.165, 1.54) is 0 Å². The zero-order valence-corrected chi connectivity index (χ0v) is 17.1. The Labute approximate surface area is 176 Å². The van der Waals surface area contributed by atoms with Gasteiger partial charge < -0.3 is 26.6 Å². The molecule has 8 heteroatoms. The van der Waals surface area contributed by atoms with Crippen molar-refractivity contribution in [3.05, 3.63) is 35.4 Å². The number of carboxylic acid groups (broad SMARTS) is 1. The average Bonchev–Trinajstić information content (AvgIpc) is 3.20. The Morgan fingerprint density at radius 3 is 2.80 bits per heavy atom. The summed E-state index contributed by atoms with van der Waals surface area (Å²) in [6.07, 6.45) is 4.44. The molecule has 2 amide bonds. The number of carboxylic acids is 1. The molecule has 1 aromatic carbocycles. The molecule has 164 valence electrons. The molecule has 0 aliphatic heterocycles. The largest absolute Gasteiger partial charge is 0.481 e. The fraction of sp³-hybridized carbons (Fsp3) is 0.591. The van der Waals surface area contributed by atoms with Gasteiger partial charge in [0.25, 0.3) is 5.91 Å². The molecule has 2 fully saturated rings. The van der Waals surface area contributed by atoms with Crippen LogP contribution in [0.25, 0.3) is 0 Å². The van der Waals surface area contributed by atoms with Crippen LogP contribution in [0.5, 0.6) is 0 Å². The van der Waals surface area contributed by atoms with Crippen LogP contribution in [-0.4, -0.2) is 53.2 Å². The molecule has 2 aliphatic carbocycles. The number of aliphatic hydroxyl groups is 1. The maximum atomic E-state index is 12.9. The molecule has 0 bridgehead atoms. The van der Waals surface area contributed by atoms with E-state index in [9.17, 15) is 19.5 Å². The molecule has 0 saturated heterocycles. The fourth-order valence-corrected chi connectivity index (χ4v) is 4.75. The number of hydrogen-bond acceptors (Lipinski definition) is 5. The first-order valence-electron chi connectivity index (χ1n) is 10.6. The highest BCUT2D eigenvalue weighted by Crippen LogP contribution is 2.61. The van der Waals surface area contributed by atoms with E-state index in [2.05, 4.69) is 10.6 Å². The number of aliphatic hydroxyl groups excluding tert-OH is 1. The minimum Gasteiger partial charge on any atom is -0.481 e. The lowest BCUT2D eigenvalue weighted by atomic mass is 9.92. The first-order chi connectivity index (χ1) is 14.4. The summed E-state index contributed by atoms with van der Waals surface area (Å²) in [5, 5.41) is 24.3. The third-order valence-corrected chi connectivity index (χ3v) is 6.47. The molecular weight excluding hydrogens is 386 g/mol. The number of amides is 2. The number of nitrogens with one attached hydrogen (secondary N) is 2. The molecule has 2 aliphatic rings. The summed E-state index contributed by atoms with van der Waals surface area (Å²) in [4.78, 5) is 37.2. The first-order valence-corrected chi connectivity index (χ1v) is 10.6. The van der Waals surface area contributed by atoms with Gasteiger partial charge >= 0.3 is 5.97 Å². The van der Waals surface area contributed by atoms with E-state index >= 15 is 0 Å². The van der Waals surface area contributed by atoms with Gasteiger partial charge in [0.15, 0.2) is 0 Å². The highest BCUT2D eigenvalue weighted by atomic mass is 16.4. The zero-order chi connectivity index (χ0) is 21.7. The lowest BCUT2D eigenvalue weighted by molar-refractivity contribution is -0.143. The smallest absolute Gasteiger partial charge is 0.307 e. The SMILES string of the molecule is NCCC[C@H](NC(=O)c1cccc(CCO)c1)C(=O)N[C@H]1C[C@]12CCC[C@H]2C(=O)O. The van der Waals surface area contributed by atoms with Crippen molar-refractivity contribution >= 4 is 17.8 Å². The molecule has 0 aromatic heterocycles. The van der Waals surface area contributed by atoms with Crippen molar-refractivity contribution in [1.29, 1.82) is 0 Å². The number of hydrogen-bond donors (Lipinski definition) is 5. The van der Waals surface area contributed by atoms with Crippen LogP contribution in [0.3, 0.4) is 0 Å². The summed E-state index contributed by atoms with van der Waals surface area (Å²) >= 11 is 0. The fourth-order valence-electron chi connectivity index (χ4n) is 4.75. The van der Waals surface area contributed by atoms with Gasteiger partial charge in [0, 0.05) is 23.6 Å². The lowest BCUT2D eigenvalue weighted by Crippen LogP contribution is -2.48. The molecular formula is C22H31N3O5. The Balaban J connectivity index is 1.64. The Hall–Kier alpha value is -2.45. The van der Waals surface area contributed by atoms with Gasteiger partial charge in [-0.15, -0.1) is 0 Å². The third-order valence-electron chi connectivity index (χ3n) is 6.47. The molecule has 8 nitrogen and oxygen atoms in total. The molecule has 0 heterocycles. The Kier molecular flexibility index (Phi) is 7.10. The molecule has 30 heavy (non-hydrogen) atoms. The van der Waals surface area contributed by atoms with Gasteiger partial charge in [-0.05, 0) is 62.8 Å². The third kappa shape index (κ3) is 4.82. The number of benzene rings is 1. The standard InChI is InChI=1S/C22H31N3O5/c23-10-3-7-17(24-19(27)15-5-1-4-14(12-15)8-11-26)20(28)25-18-13-22(18)9-2-6-16(22)21(29)30/h1,4-5,12,16-18,26H,2-3,6-11,13,23H2,(H,24,27)(H,25,28)(H,29,30)/t16-,17-,18-,22-/m0/s1. The van der Waals surface area contributed by atoms with Crippen molar-refractivity contribution in [3.63, 3.8) is 0 Å². The molecule has 1 spiro atoms. The quantitative estimate of drug-likeness (QED) is 0.382. The number of rotatable bonds is 10. The zero-order valence-electron chi connectivity index (χ0n) is 17.1. The van der Waals surface area contributed by atoms with Crippen molar-refractivity contribution < 1.29 is 24.6 Å². The van der Waals surface area contributed by atoms with Gasteiger partial charge in [0.1, 0.15) is 6.04 Å². The maximum absolute atomic E-state index is 12.9. The van der Waals surface area contributed by atoms with Crippen molar-refractivity contribution in [3.8, 4) is 0 Å². The monoisotopic (exact) mass is 417 g/mol. The second kappa shape index (κ2) is 9.57. The van der Waals surface area contributed by atoms with E-state index in [-0.39, 0.29) is 29.9 Å². The van der Waals surface area contributed by atoms with E-state index in [0.29, 0.717) is 44.2 Å². The van der Waals surface area contributed by atoms with Gasteiger partial charge in [-0.25, -0.2) is 0 Å². The van der Waals surface area contributed by atoms with E-state index in [1.807, 2.05) is 6.07 Å². The number of aliphatic carboxylic acids is 1. The topological polar surface area (TPSA) is 142 Å². The number of carbonyl (C=O) groups excluding carboxylic acids is 2. The number of nitrogens with two attached hydrogens (primary N) is 1. The predicted molar refractivity (Wildman–Crippen MR) is 111 cm³/mol. The summed E-state index contributed by atoms with van der Waals surface area (Å²) < 4.78 is 0. The Bertz CT molecular complexity index is 799. The summed E-state index contributed by atoms with van der Waals surface area (Å²) in [5.41, 5.74) is 6.54. The van der Waals surface area contributed by atoms with Crippen LogP contribution < -0.4 is 16.4 Å². The average molecular weight is 418 g/mol. The first kappa shape index (κ1) is 22.2. The van der Waals surface area contributed by atoms with E-state index in [0.717, 1.165) is 18.4 Å². The molecule has 3 rings (SSSR count). The Morgan fingerprint density at radius 2 is 2.10 bits per heavy atom. The van der Waals surface area contributed by atoms with Crippen LogP contribution in [0, 0.1) is 11.3 Å². The van der Waals surface area contributed by atoms with Crippen molar-refractivity contribution in [1.82, 2.24) is 10.6 Å². The Morgan fingerprint density at radius 1 is 1.30 bits per heavy atom. The van der Waals surface area contributed by atoms with Gasteiger partial charge in [0.05, 0.1) is 5.92 Å². The van der Waals surface area contributed by atoms with Gasteiger partial charge in [0.2, 0.25) is 5.91 Å². The van der Waals surface area contributed by atoms with Crippen LogP contribution in [-0.2, 0) is 16.0 Å². The van der Waals surface area contributed by atoms with Crippen LogP contribution in [0.4, 0.5) is 0 Å². The van der Waals surface area contributed by atoms with Gasteiger partial charge in [-0.2, -0.15) is 0 Å². The summed E-state index contributed by atoms with van der Waals surface area (Å²) in [5.74, 6) is -1.85. The predicted octanol–water partition coefficient (Wildman–Crippen LogP) is 0.818. The highest BCUT2D eigenvalue weighted by Gasteiger charge is 2.63. The summed E-state index contributed by atoms with van der Waals surface area (Å²) in [7, 11) is 0. The summed E-state index contributed by atoms with van der Waals surface area (Å²) in [6, 6.07) is 6.06. The normalized spacial score (nSPS) is 25.7. The van der Waals surface area contributed by atoms with Crippen molar-refractivity contribution in [2.45, 2.75) is 57.0 Å². The molecule has 0 radical (unpaired) electrons. The van der Waals surface area contributed by atoms with Crippen LogP contribution in [0.15, 0.2) is 24.3 Å². The maximum Gasteiger partial charge on any atom is 0.307 e. The van der Waals surface area contributed by atoms with Crippen LogP contribution in [0.2, 0.25) is 0 Å².